The number of nitrogens with zero attached hydrogens (tertiary/aromatic N) is 1. The first-order valence-electron chi connectivity index (χ1n) is 7.06. The van der Waals surface area contributed by atoms with Gasteiger partial charge in [0.1, 0.15) is 6.04 Å². The normalized spacial score (nSPS) is 18.6. The predicted octanol–water partition coefficient (Wildman–Crippen LogP) is -2.20. The Morgan fingerprint density at radius 2 is 1.96 bits per heavy atom. The van der Waals surface area contributed by atoms with Gasteiger partial charge in [-0.2, -0.15) is 12.6 Å². The lowest BCUT2D eigenvalue weighted by atomic mass is 10.3. The third-order valence-electron chi connectivity index (χ3n) is 3.25. The molecule has 1 aliphatic heterocycles. The van der Waals surface area contributed by atoms with Crippen molar-refractivity contribution in [3.63, 3.8) is 0 Å². The zero-order valence-corrected chi connectivity index (χ0v) is 13.8. The molecule has 0 spiro atoms. The number of rotatable bonds is 7. The molecule has 10 heteroatoms. The molecule has 0 aromatic carbocycles. The lowest BCUT2D eigenvalue weighted by molar-refractivity contribution is -0.138. The van der Waals surface area contributed by atoms with Gasteiger partial charge in [-0.1, -0.05) is 0 Å². The minimum atomic E-state index is -0.712. The monoisotopic (exact) mass is 344 g/mol. The summed E-state index contributed by atoms with van der Waals surface area (Å²) in [4.78, 5) is 58.5. The summed E-state index contributed by atoms with van der Waals surface area (Å²) >= 11 is 3.98. The van der Waals surface area contributed by atoms with Gasteiger partial charge in [-0.05, 0) is 6.92 Å². The first-order chi connectivity index (χ1) is 10.8. The van der Waals surface area contributed by atoms with Crippen LogP contribution in [0, 0.1) is 0 Å². The van der Waals surface area contributed by atoms with E-state index in [0.29, 0.717) is 0 Å². The van der Waals surface area contributed by atoms with Crippen molar-refractivity contribution in [3.05, 3.63) is 0 Å². The van der Waals surface area contributed by atoms with Crippen LogP contribution in [0.4, 0.5) is 0 Å². The summed E-state index contributed by atoms with van der Waals surface area (Å²) in [6.45, 7) is 1.17. The van der Waals surface area contributed by atoms with Crippen LogP contribution in [-0.4, -0.2) is 65.9 Å². The number of imide groups is 1. The van der Waals surface area contributed by atoms with Crippen LogP contribution < -0.4 is 16.0 Å². The Balaban J connectivity index is 2.29. The molecule has 3 N–H and O–H groups in total. The summed E-state index contributed by atoms with van der Waals surface area (Å²) < 4.78 is 0. The first kappa shape index (κ1) is 18.9. The Labute approximate surface area is 138 Å². The van der Waals surface area contributed by atoms with Crippen LogP contribution in [0.1, 0.15) is 19.8 Å². The third-order valence-corrected chi connectivity index (χ3v) is 3.65. The van der Waals surface area contributed by atoms with Crippen molar-refractivity contribution in [2.75, 3.05) is 20.1 Å². The summed E-state index contributed by atoms with van der Waals surface area (Å²) in [5.41, 5.74) is 0. The fourth-order valence-corrected chi connectivity index (χ4v) is 2.25. The van der Waals surface area contributed by atoms with Crippen molar-refractivity contribution in [2.24, 2.45) is 0 Å². The van der Waals surface area contributed by atoms with Gasteiger partial charge in [0, 0.05) is 26.4 Å². The van der Waals surface area contributed by atoms with E-state index in [1.54, 1.807) is 0 Å². The molecule has 0 aromatic heterocycles. The van der Waals surface area contributed by atoms with E-state index in [0.717, 1.165) is 4.90 Å². The second kappa shape index (κ2) is 8.51. The van der Waals surface area contributed by atoms with Crippen LogP contribution in [0.2, 0.25) is 0 Å². The van der Waals surface area contributed by atoms with E-state index in [-0.39, 0.29) is 37.7 Å². The van der Waals surface area contributed by atoms with Gasteiger partial charge < -0.3 is 16.0 Å². The molecular weight excluding hydrogens is 324 g/mol. The molecule has 23 heavy (non-hydrogen) atoms. The molecule has 1 unspecified atom stereocenters. The number of hydrogen-bond acceptors (Lipinski definition) is 6. The molecule has 1 heterocycles. The first-order valence-corrected chi connectivity index (χ1v) is 7.57. The molecule has 0 saturated carbocycles. The maximum Gasteiger partial charge on any atom is 0.242 e. The fraction of sp³-hybridized carbons (Fsp3) is 0.615. The van der Waals surface area contributed by atoms with E-state index in [4.69, 9.17) is 0 Å². The molecular formula is C13H20N4O5S. The number of nitrogens with one attached hydrogen (secondary N) is 3. The molecule has 0 bridgehead atoms. The fourth-order valence-electron chi connectivity index (χ4n) is 1.96. The van der Waals surface area contributed by atoms with Crippen molar-refractivity contribution in [2.45, 2.75) is 31.1 Å². The van der Waals surface area contributed by atoms with Crippen LogP contribution in [0.25, 0.3) is 0 Å². The molecule has 5 amide bonds. The van der Waals surface area contributed by atoms with E-state index in [1.807, 2.05) is 0 Å². The van der Waals surface area contributed by atoms with Crippen LogP contribution in [-0.2, 0) is 24.0 Å². The lowest BCUT2D eigenvalue weighted by Crippen LogP contribution is -2.47. The molecule has 0 radical (unpaired) electrons. The van der Waals surface area contributed by atoms with Crippen LogP contribution in [0.15, 0.2) is 0 Å². The number of carbonyl (C=O) groups excluding carboxylic acids is 5. The smallest absolute Gasteiger partial charge is 0.242 e. The Kier molecular flexibility index (Phi) is 7.01. The third kappa shape index (κ3) is 5.55. The van der Waals surface area contributed by atoms with Crippen molar-refractivity contribution in [3.8, 4) is 0 Å². The van der Waals surface area contributed by atoms with Gasteiger partial charge in [-0.25, -0.2) is 0 Å². The summed E-state index contributed by atoms with van der Waals surface area (Å²) in [6, 6.07) is -0.712. The van der Waals surface area contributed by atoms with E-state index < -0.39 is 29.0 Å². The number of thiol groups is 1. The quantitative estimate of drug-likeness (QED) is 0.308. The standard InChI is InChI=1S/C13H20N4O5S/c1-7(12(21)14-2)16-10(19)6-15-9(18)3-4-17-11(20)5-8(23)13(17)22/h7-8,23H,3-6H2,1-2H3,(H,14,21)(H,15,18)(H,16,19)/t7-,8?/m0/s1. The minimum Gasteiger partial charge on any atom is -0.357 e. The molecule has 1 fully saturated rings. The van der Waals surface area contributed by atoms with Crippen LogP contribution in [0.3, 0.4) is 0 Å². The highest BCUT2D eigenvalue weighted by atomic mass is 32.1. The Morgan fingerprint density at radius 1 is 1.30 bits per heavy atom. The highest BCUT2D eigenvalue weighted by Crippen LogP contribution is 2.17. The SMILES string of the molecule is CNC(=O)[C@H](C)NC(=O)CNC(=O)CCN1C(=O)CC(S)C1=O. The van der Waals surface area contributed by atoms with Crippen molar-refractivity contribution < 1.29 is 24.0 Å². The molecule has 1 saturated heterocycles. The largest absolute Gasteiger partial charge is 0.357 e. The van der Waals surface area contributed by atoms with Gasteiger partial charge in [-0.3, -0.25) is 28.9 Å². The van der Waals surface area contributed by atoms with Crippen molar-refractivity contribution in [1.29, 1.82) is 0 Å². The topological polar surface area (TPSA) is 125 Å². The molecule has 0 aromatic rings. The zero-order chi connectivity index (χ0) is 17.6. The Hall–Kier alpha value is -2.10. The maximum atomic E-state index is 11.6. The Morgan fingerprint density at radius 3 is 2.48 bits per heavy atom. The molecule has 1 aliphatic rings. The Bertz CT molecular complexity index is 524. The number of likely N-dealkylation sites (N-methyl/N-ethyl adjacent to an activating group) is 1. The maximum absolute atomic E-state index is 11.6. The average Bonchev–Trinajstić information content (AvgIpc) is 2.75. The van der Waals surface area contributed by atoms with E-state index in [2.05, 4.69) is 28.6 Å². The number of hydrogen-bond donors (Lipinski definition) is 4. The lowest BCUT2D eigenvalue weighted by Gasteiger charge is -2.14. The molecule has 128 valence electrons. The molecule has 0 aliphatic carbocycles. The van der Waals surface area contributed by atoms with Gasteiger partial charge in [0.05, 0.1) is 11.8 Å². The van der Waals surface area contributed by atoms with Crippen molar-refractivity contribution in [1.82, 2.24) is 20.9 Å². The van der Waals surface area contributed by atoms with Crippen LogP contribution in [0.5, 0.6) is 0 Å². The van der Waals surface area contributed by atoms with Crippen LogP contribution >= 0.6 is 12.6 Å². The zero-order valence-electron chi connectivity index (χ0n) is 12.9. The molecule has 9 nitrogen and oxygen atoms in total. The summed E-state index contributed by atoms with van der Waals surface area (Å²) in [5.74, 6) is -2.12. The van der Waals surface area contributed by atoms with E-state index in [9.17, 15) is 24.0 Å². The van der Waals surface area contributed by atoms with Gasteiger partial charge >= 0.3 is 0 Å². The highest BCUT2D eigenvalue weighted by Gasteiger charge is 2.36. The summed E-state index contributed by atoms with van der Waals surface area (Å²) in [5, 5.41) is 6.50. The summed E-state index contributed by atoms with van der Waals surface area (Å²) in [6.07, 6.45) is -0.0698. The summed E-state index contributed by atoms with van der Waals surface area (Å²) in [7, 11) is 1.45. The predicted molar refractivity (Wildman–Crippen MR) is 83.4 cm³/mol. The van der Waals surface area contributed by atoms with Gasteiger partial charge in [0.25, 0.3) is 0 Å². The number of amides is 5. The van der Waals surface area contributed by atoms with Gasteiger partial charge in [-0.15, -0.1) is 0 Å². The molecule has 2 atom stereocenters. The van der Waals surface area contributed by atoms with E-state index >= 15 is 0 Å². The number of likely N-dealkylation sites (tertiary alicyclic amines) is 1. The van der Waals surface area contributed by atoms with Gasteiger partial charge in [0.2, 0.25) is 29.5 Å². The molecule has 1 rings (SSSR count). The van der Waals surface area contributed by atoms with Gasteiger partial charge in [0.15, 0.2) is 0 Å². The second-order valence-electron chi connectivity index (χ2n) is 5.03. The van der Waals surface area contributed by atoms with Crippen molar-refractivity contribution >= 4 is 42.2 Å². The average molecular weight is 344 g/mol. The van der Waals surface area contributed by atoms with E-state index in [1.165, 1.54) is 14.0 Å². The highest BCUT2D eigenvalue weighted by molar-refractivity contribution is 7.81. The number of carbonyl (C=O) groups is 5. The second-order valence-corrected chi connectivity index (χ2v) is 5.66. The minimum absolute atomic E-state index is 0.0311.